The number of fused-ring (bicyclic) bond motifs is 1. The largest absolute Gasteiger partial charge is 0.508 e. The van der Waals surface area contributed by atoms with Crippen LogP contribution in [-0.4, -0.2) is 29.2 Å². The normalized spacial score (nSPS) is 13.0. The third-order valence-electron chi connectivity index (χ3n) is 4.05. The fourth-order valence-corrected chi connectivity index (χ4v) is 2.61. The molecule has 0 unspecified atom stereocenters. The number of rotatable bonds is 3. The van der Waals surface area contributed by atoms with Crippen LogP contribution >= 0.6 is 0 Å². The molecule has 0 atom stereocenters. The van der Waals surface area contributed by atoms with Crippen LogP contribution in [0, 0.1) is 13.8 Å². The van der Waals surface area contributed by atoms with E-state index in [-0.39, 0.29) is 29.3 Å². The summed E-state index contributed by atoms with van der Waals surface area (Å²) in [6.45, 7) is 4.48. The minimum atomic E-state index is -0.217. The molecule has 1 heterocycles. The quantitative estimate of drug-likeness (QED) is 0.852. The summed E-state index contributed by atoms with van der Waals surface area (Å²) < 4.78 is 11.1. The monoisotopic (exact) mass is 314 g/mol. The van der Waals surface area contributed by atoms with Crippen LogP contribution in [0.4, 0.5) is 0 Å². The van der Waals surface area contributed by atoms with Crippen LogP contribution in [0.1, 0.15) is 27.0 Å². The third kappa shape index (κ3) is 2.82. The van der Waals surface area contributed by atoms with Crippen molar-refractivity contribution in [2.24, 2.45) is 0 Å². The van der Waals surface area contributed by atoms with Crippen LogP contribution < -0.4 is 9.47 Å². The van der Waals surface area contributed by atoms with E-state index in [2.05, 4.69) is 0 Å². The molecule has 0 fully saturated rings. The van der Waals surface area contributed by atoms with Gasteiger partial charge in [-0.2, -0.15) is 0 Å². The van der Waals surface area contributed by atoms with Crippen molar-refractivity contribution >= 4 is 5.78 Å². The predicted molar refractivity (Wildman–Crippen MR) is 84.7 cm³/mol. The number of hydrogen-bond donors (Lipinski definition) is 2. The van der Waals surface area contributed by atoms with Gasteiger partial charge in [0.05, 0.1) is 5.56 Å². The number of aromatic hydroxyl groups is 2. The zero-order valence-corrected chi connectivity index (χ0v) is 13.0. The minimum absolute atomic E-state index is 0.0328. The molecule has 2 aromatic rings. The fourth-order valence-electron chi connectivity index (χ4n) is 2.61. The number of carbonyl (C=O) groups excluding carboxylic acids is 1. The number of Topliss-reactive ketones (excluding diaryl/α,β-unsaturated/α-hetero) is 1. The Kier molecular flexibility index (Phi) is 3.86. The molecule has 2 aromatic carbocycles. The molecule has 120 valence electrons. The molecule has 5 heteroatoms. The molecule has 0 aliphatic carbocycles. The molecular weight excluding hydrogens is 296 g/mol. The maximum Gasteiger partial charge on any atom is 0.170 e. The maximum absolute atomic E-state index is 12.5. The number of ketones is 1. The van der Waals surface area contributed by atoms with Crippen molar-refractivity contribution in [3.8, 4) is 23.0 Å². The zero-order chi connectivity index (χ0) is 16.6. The number of carbonyl (C=O) groups is 1. The van der Waals surface area contributed by atoms with Gasteiger partial charge in [0.25, 0.3) is 0 Å². The maximum atomic E-state index is 12.5. The second-order valence-electron chi connectivity index (χ2n) is 5.63. The first kappa shape index (κ1) is 15.2. The summed E-state index contributed by atoms with van der Waals surface area (Å²) in [6.07, 6.45) is 0.139. The molecule has 0 radical (unpaired) electrons. The lowest BCUT2D eigenvalue weighted by Crippen LogP contribution is -2.16. The molecule has 2 N–H and O–H groups in total. The summed E-state index contributed by atoms with van der Waals surface area (Å²) in [6, 6.07) is 6.53. The van der Waals surface area contributed by atoms with Crippen LogP contribution in [0.2, 0.25) is 0 Å². The average Bonchev–Trinajstić information content (AvgIpc) is 2.53. The van der Waals surface area contributed by atoms with E-state index < -0.39 is 0 Å². The van der Waals surface area contributed by atoms with Gasteiger partial charge in [0.1, 0.15) is 24.7 Å². The summed E-state index contributed by atoms with van der Waals surface area (Å²) in [5.41, 5.74) is 2.26. The summed E-state index contributed by atoms with van der Waals surface area (Å²) >= 11 is 0. The standard InChI is InChI=1S/C18H18O5/c1-10-7-16-17(23-6-5-22-16)9-12(10)8-15(20)13-3-4-14(19)11(2)18(13)21/h3-4,7,9,19,21H,5-6,8H2,1-2H3. The van der Waals surface area contributed by atoms with Crippen molar-refractivity contribution in [2.45, 2.75) is 20.3 Å². The molecule has 1 aliphatic rings. The smallest absolute Gasteiger partial charge is 0.170 e. The molecular formula is C18H18O5. The summed E-state index contributed by atoms with van der Waals surface area (Å²) in [5, 5.41) is 19.6. The van der Waals surface area contributed by atoms with Crippen LogP contribution in [0.5, 0.6) is 23.0 Å². The van der Waals surface area contributed by atoms with Gasteiger partial charge in [0, 0.05) is 12.0 Å². The Labute approximate surface area is 134 Å². The molecule has 0 aromatic heterocycles. The van der Waals surface area contributed by atoms with Gasteiger partial charge in [-0.3, -0.25) is 4.79 Å². The number of hydrogen-bond acceptors (Lipinski definition) is 5. The van der Waals surface area contributed by atoms with Crippen molar-refractivity contribution in [1.82, 2.24) is 0 Å². The summed E-state index contributed by atoms with van der Waals surface area (Å²) in [4.78, 5) is 12.5. The zero-order valence-electron chi connectivity index (χ0n) is 13.0. The van der Waals surface area contributed by atoms with Crippen molar-refractivity contribution in [3.63, 3.8) is 0 Å². The van der Waals surface area contributed by atoms with Crippen LogP contribution in [-0.2, 0) is 6.42 Å². The molecule has 0 saturated heterocycles. The molecule has 0 spiro atoms. The Morgan fingerprint density at radius 3 is 2.43 bits per heavy atom. The molecule has 5 nitrogen and oxygen atoms in total. The van der Waals surface area contributed by atoms with E-state index in [4.69, 9.17) is 9.47 Å². The second kappa shape index (κ2) is 5.83. The van der Waals surface area contributed by atoms with E-state index in [1.807, 2.05) is 19.1 Å². The van der Waals surface area contributed by atoms with E-state index in [9.17, 15) is 15.0 Å². The first-order valence-electron chi connectivity index (χ1n) is 7.41. The highest BCUT2D eigenvalue weighted by atomic mass is 16.6. The lowest BCUT2D eigenvalue weighted by atomic mass is 9.97. The Bertz CT molecular complexity index is 779. The van der Waals surface area contributed by atoms with Crippen molar-refractivity contribution in [3.05, 3.63) is 46.5 Å². The first-order chi connectivity index (χ1) is 11.0. The number of aryl methyl sites for hydroxylation is 1. The molecule has 3 rings (SSSR count). The number of ether oxygens (including phenoxy) is 2. The number of benzene rings is 2. The molecule has 23 heavy (non-hydrogen) atoms. The summed E-state index contributed by atoms with van der Waals surface area (Å²) in [7, 11) is 0. The first-order valence-corrected chi connectivity index (χ1v) is 7.41. The number of phenolic OH excluding ortho intramolecular Hbond substituents is 2. The van der Waals surface area contributed by atoms with E-state index in [0.717, 1.165) is 11.1 Å². The average molecular weight is 314 g/mol. The van der Waals surface area contributed by atoms with Crippen molar-refractivity contribution < 1.29 is 24.5 Å². The van der Waals surface area contributed by atoms with Crippen LogP contribution in [0.25, 0.3) is 0 Å². The number of phenols is 2. The van der Waals surface area contributed by atoms with Gasteiger partial charge in [-0.25, -0.2) is 0 Å². The lowest BCUT2D eigenvalue weighted by Gasteiger charge is -2.20. The highest BCUT2D eigenvalue weighted by Crippen LogP contribution is 2.34. The van der Waals surface area contributed by atoms with Crippen LogP contribution in [0.3, 0.4) is 0 Å². The SMILES string of the molecule is Cc1cc2c(cc1CC(=O)c1ccc(O)c(C)c1O)OCCO2. The van der Waals surface area contributed by atoms with E-state index in [0.29, 0.717) is 30.3 Å². The lowest BCUT2D eigenvalue weighted by molar-refractivity contribution is 0.0989. The van der Waals surface area contributed by atoms with Crippen molar-refractivity contribution in [1.29, 1.82) is 0 Å². The highest BCUT2D eigenvalue weighted by Gasteiger charge is 2.19. The Morgan fingerprint density at radius 2 is 1.74 bits per heavy atom. The fraction of sp³-hybridized carbons (Fsp3) is 0.278. The summed E-state index contributed by atoms with van der Waals surface area (Å²) in [5.74, 6) is 0.897. The van der Waals surface area contributed by atoms with Crippen LogP contribution in [0.15, 0.2) is 24.3 Å². The van der Waals surface area contributed by atoms with E-state index in [1.165, 1.54) is 12.1 Å². The highest BCUT2D eigenvalue weighted by molar-refractivity contribution is 6.00. The van der Waals surface area contributed by atoms with E-state index >= 15 is 0 Å². The van der Waals surface area contributed by atoms with Gasteiger partial charge in [-0.1, -0.05) is 0 Å². The molecule has 0 bridgehead atoms. The van der Waals surface area contributed by atoms with Gasteiger partial charge in [-0.15, -0.1) is 0 Å². The predicted octanol–water partition coefficient (Wildman–Crippen LogP) is 2.91. The Balaban J connectivity index is 1.90. The molecule has 0 amide bonds. The Hall–Kier alpha value is -2.69. The third-order valence-corrected chi connectivity index (χ3v) is 4.05. The molecule has 1 aliphatic heterocycles. The van der Waals surface area contributed by atoms with Gasteiger partial charge < -0.3 is 19.7 Å². The molecule has 0 saturated carbocycles. The van der Waals surface area contributed by atoms with Crippen molar-refractivity contribution in [2.75, 3.05) is 13.2 Å². The van der Waals surface area contributed by atoms with Gasteiger partial charge in [-0.05, 0) is 49.2 Å². The second-order valence-corrected chi connectivity index (χ2v) is 5.63. The van der Waals surface area contributed by atoms with Gasteiger partial charge in [0.15, 0.2) is 17.3 Å². The van der Waals surface area contributed by atoms with Gasteiger partial charge in [0.2, 0.25) is 0 Å². The minimum Gasteiger partial charge on any atom is -0.508 e. The topological polar surface area (TPSA) is 76.0 Å². The Morgan fingerprint density at radius 1 is 1.09 bits per heavy atom. The van der Waals surface area contributed by atoms with Gasteiger partial charge >= 0.3 is 0 Å². The van der Waals surface area contributed by atoms with E-state index in [1.54, 1.807) is 6.92 Å².